The second-order valence-electron chi connectivity index (χ2n) is 10.3. The van der Waals surface area contributed by atoms with Crippen LogP contribution in [0.1, 0.15) is 38.2 Å². The summed E-state index contributed by atoms with van der Waals surface area (Å²) in [6, 6.07) is 30.6. The number of nitrogens with zero attached hydrogens (tertiary/aromatic N) is 1. The van der Waals surface area contributed by atoms with Gasteiger partial charge in [0.1, 0.15) is 22.7 Å². The molecule has 1 N–H and O–H groups in total. The standard InChI is InChI=1S/C36H29NO5S2/c1-24-7-9-28(10-8-24)23-42-30-18-16-29(17-19-30)32(38)20-15-25-11-13-27(14-12-25)22-33-34(39)37(36(43)44-33)31(35(40)41)21-26-5-3-2-4-6-26/h2-20,22,31H,21,23H2,1H3,(H,40,41)/b20-15+,33-22-/t31-/m0/s1. The minimum absolute atomic E-state index is 0.133. The Morgan fingerprint density at radius 3 is 2.20 bits per heavy atom. The predicted molar refractivity (Wildman–Crippen MR) is 178 cm³/mol. The third kappa shape index (κ3) is 7.78. The van der Waals surface area contributed by atoms with Gasteiger partial charge in [-0.05, 0) is 65.6 Å². The maximum absolute atomic E-state index is 13.2. The number of ketones is 1. The van der Waals surface area contributed by atoms with Crippen LogP contribution in [0.5, 0.6) is 5.75 Å². The molecular formula is C36H29NO5S2. The Hall–Kier alpha value is -4.79. The summed E-state index contributed by atoms with van der Waals surface area (Å²) in [5.74, 6) is -0.983. The molecule has 1 amide bonds. The van der Waals surface area contributed by atoms with Crippen LogP contribution in [-0.4, -0.2) is 38.0 Å². The summed E-state index contributed by atoms with van der Waals surface area (Å²) in [5.41, 5.74) is 5.20. The van der Waals surface area contributed by atoms with E-state index in [0.717, 1.165) is 34.0 Å². The second kappa shape index (κ2) is 14.1. The molecule has 1 aliphatic heterocycles. The van der Waals surface area contributed by atoms with E-state index in [2.05, 4.69) is 0 Å². The number of amides is 1. The Kier molecular flexibility index (Phi) is 9.84. The monoisotopic (exact) mass is 619 g/mol. The molecule has 1 atom stereocenters. The number of allylic oxidation sites excluding steroid dienone is 1. The van der Waals surface area contributed by atoms with Gasteiger partial charge in [0.25, 0.3) is 5.91 Å². The number of thiocarbonyl (C=S) groups is 1. The Morgan fingerprint density at radius 2 is 1.55 bits per heavy atom. The summed E-state index contributed by atoms with van der Waals surface area (Å²) in [6.45, 7) is 2.49. The highest BCUT2D eigenvalue weighted by molar-refractivity contribution is 8.26. The lowest BCUT2D eigenvalue weighted by Crippen LogP contribution is -2.45. The molecule has 1 heterocycles. The number of carboxylic acid groups (broad SMARTS) is 1. The van der Waals surface area contributed by atoms with E-state index < -0.39 is 17.9 Å². The molecule has 1 saturated heterocycles. The number of rotatable bonds is 11. The highest BCUT2D eigenvalue weighted by Crippen LogP contribution is 2.35. The van der Waals surface area contributed by atoms with Crippen LogP contribution in [0, 0.1) is 6.92 Å². The minimum atomic E-state index is -1.11. The van der Waals surface area contributed by atoms with Crippen molar-refractivity contribution in [3.05, 3.63) is 147 Å². The van der Waals surface area contributed by atoms with Gasteiger partial charge in [0.15, 0.2) is 5.78 Å². The van der Waals surface area contributed by atoms with Crippen molar-refractivity contribution in [2.24, 2.45) is 0 Å². The molecule has 5 rings (SSSR count). The number of carboxylic acids is 1. The lowest BCUT2D eigenvalue weighted by molar-refractivity contribution is -0.145. The van der Waals surface area contributed by atoms with Gasteiger partial charge in [-0.25, -0.2) is 4.79 Å². The summed E-state index contributed by atoms with van der Waals surface area (Å²) >= 11 is 6.49. The normalized spacial score (nSPS) is 14.8. The van der Waals surface area contributed by atoms with E-state index in [9.17, 15) is 19.5 Å². The van der Waals surface area contributed by atoms with E-state index in [1.807, 2.05) is 85.8 Å². The van der Waals surface area contributed by atoms with E-state index >= 15 is 0 Å². The first-order chi connectivity index (χ1) is 21.3. The zero-order valence-electron chi connectivity index (χ0n) is 23.9. The van der Waals surface area contributed by atoms with Gasteiger partial charge < -0.3 is 9.84 Å². The fourth-order valence-electron chi connectivity index (χ4n) is 4.56. The minimum Gasteiger partial charge on any atom is -0.489 e. The van der Waals surface area contributed by atoms with Gasteiger partial charge in [0.2, 0.25) is 0 Å². The van der Waals surface area contributed by atoms with E-state index in [0.29, 0.717) is 22.8 Å². The fourth-order valence-corrected chi connectivity index (χ4v) is 5.92. The Balaban J connectivity index is 1.19. The van der Waals surface area contributed by atoms with Crippen LogP contribution >= 0.6 is 24.0 Å². The van der Waals surface area contributed by atoms with Gasteiger partial charge in [0, 0.05) is 12.0 Å². The third-order valence-corrected chi connectivity index (χ3v) is 8.35. The Morgan fingerprint density at radius 1 is 0.886 bits per heavy atom. The largest absolute Gasteiger partial charge is 0.489 e. The number of hydrogen-bond donors (Lipinski definition) is 1. The molecule has 8 heteroatoms. The average Bonchev–Trinajstić information content (AvgIpc) is 3.31. The number of thioether (sulfide) groups is 1. The van der Waals surface area contributed by atoms with E-state index in [1.54, 1.807) is 36.4 Å². The van der Waals surface area contributed by atoms with Crippen LogP contribution in [0.2, 0.25) is 0 Å². The molecule has 6 nitrogen and oxygen atoms in total. The van der Waals surface area contributed by atoms with Crippen LogP contribution in [0.25, 0.3) is 12.2 Å². The van der Waals surface area contributed by atoms with Crippen LogP contribution in [0.15, 0.2) is 114 Å². The second-order valence-corrected chi connectivity index (χ2v) is 11.9. The number of carbonyl (C=O) groups excluding carboxylic acids is 2. The molecule has 0 saturated carbocycles. The highest BCUT2D eigenvalue weighted by Gasteiger charge is 2.40. The zero-order valence-corrected chi connectivity index (χ0v) is 25.5. The van der Waals surface area contributed by atoms with Gasteiger partial charge in [0.05, 0.1) is 4.91 Å². The lowest BCUT2D eigenvalue weighted by atomic mass is 10.0. The molecule has 0 aliphatic carbocycles. The summed E-state index contributed by atoms with van der Waals surface area (Å²) in [5, 5.41) is 9.86. The molecular weight excluding hydrogens is 591 g/mol. The predicted octanol–water partition coefficient (Wildman–Crippen LogP) is 7.37. The van der Waals surface area contributed by atoms with Gasteiger partial charge >= 0.3 is 5.97 Å². The Bertz CT molecular complexity index is 1730. The zero-order chi connectivity index (χ0) is 31.1. The van der Waals surface area contributed by atoms with Gasteiger partial charge in [-0.15, -0.1) is 0 Å². The van der Waals surface area contributed by atoms with Crippen molar-refractivity contribution in [3.8, 4) is 5.75 Å². The number of ether oxygens (including phenoxy) is 1. The number of hydrogen-bond acceptors (Lipinski definition) is 6. The maximum atomic E-state index is 13.2. The van der Waals surface area contributed by atoms with Crippen LogP contribution in [-0.2, 0) is 22.6 Å². The smallest absolute Gasteiger partial charge is 0.327 e. The summed E-state index contributed by atoms with van der Waals surface area (Å²) in [6.07, 6.45) is 5.10. The van der Waals surface area contributed by atoms with Crippen molar-refractivity contribution in [2.75, 3.05) is 0 Å². The first-order valence-corrected chi connectivity index (χ1v) is 15.1. The molecule has 4 aromatic carbocycles. The van der Waals surface area contributed by atoms with Crippen molar-refractivity contribution >= 4 is 58.1 Å². The van der Waals surface area contributed by atoms with Gasteiger partial charge in [-0.3, -0.25) is 14.5 Å². The Labute approximate surface area is 265 Å². The molecule has 4 aromatic rings. The molecule has 1 aliphatic rings. The maximum Gasteiger partial charge on any atom is 0.327 e. The van der Waals surface area contributed by atoms with E-state index in [4.69, 9.17) is 17.0 Å². The van der Waals surface area contributed by atoms with E-state index in [-0.39, 0.29) is 16.5 Å². The topological polar surface area (TPSA) is 83.9 Å². The number of carbonyl (C=O) groups is 3. The molecule has 1 fully saturated rings. The molecule has 220 valence electrons. The molecule has 0 bridgehead atoms. The van der Waals surface area contributed by atoms with Crippen molar-refractivity contribution in [1.82, 2.24) is 4.90 Å². The lowest BCUT2D eigenvalue weighted by Gasteiger charge is -2.23. The summed E-state index contributed by atoms with van der Waals surface area (Å²) < 4.78 is 6.04. The average molecular weight is 620 g/mol. The van der Waals surface area contributed by atoms with E-state index in [1.165, 1.54) is 16.5 Å². The van der Waals surface area contributed by atoms with Crippen molar-refractivity contribution in [1.29, 1.82) is 0 Å². The number of aryl methyl sites for hydroxylation is 1. The molecule has 0 aromatic heterocycles. The quantitative estimate of drug-likeness (QED) is 0.107. The summed E-state index contributed by atoms with van der Waals surface area (Å²) in [7, 11) is 0. The van der Waals surface area contributed by atoms with Crippen molar-refractivity contribution < 1.29 is 24.2 Å². The summed E-state index contributed by atoms with van der Waals surface area (Å²) in [4.78, 5) is 39.5. The van der Waals surface area contributed by atoms with Crippen molar-refractivity contribution in [3.63, 3.8) is 0 Å². The first kappa shape index (κ1) is 30.7. The first-order valence-electron chi connectivity index (χ1n) is 13.9. The molecule has 0 unspecified atom stereocenters. The van der Waals surface area contributed by atoms with Crippen LogP contribution in [0.4, 0.5) is 0 Å². The number of aliphatic carboxylic acids is 1. The van der Waals surface area contributed by atoms with Crippen LogP contribution < -0.4 is 4.74 Å². The highest BCUT2D eigenvalue weighted by atomic mass is 32.2. The molecule has 0 radical (unpaired) electrons. The SMILES string of the molecule is Cc1ccc(COc2ccc(C(=O)/C=C/c3ccc(/C=C4\SC(=S)N([C@@H](Cc5ccccc5)C(=O)O)C4=O)cc3)cc2)cc1. The number of benzene rings is 4. The third-order valence-electron chi connectivity index (χ3n) is 7.02. The van der Waals surface area contributed by atoms with Crippen molar-refractivity contribution in [2.45, 2.75) is 26.0 Å². The van der Waals surface area contributed by atoms with Gasteiger partial charge in [-0.2, -0.15) is 0 Å². The molecule has 0 spiro atoms. The molecule has 44 heavy (non-hydrogen) atoms. The van der Waals surface area contributed by atoms with Crippen LogP contribution in [0.3, 0.4) is 0 Å². The van der Waals surface area contributed by atoms with Gasteiger partial charge in [-0.1, -0.05) is 114 Å². The fraction of sp³-hybridized carbons (Fsp3) is 0.111.